The number of nitrogens with zero attached hydrogens (tertiary/aromatic N) is 1. The van der Waals surface area contributed by atoms with Crippen molar-refractivity contribution >= 4 is 23.5 Å². The van der Waals surface area contributed by atoms with Crippen molar-refractivity contribution in [1.82, 2.24) is 9.62 Å². The number of anilines is 1. The molecule has 2 aromatic carbocycles. The molecule has 6 heteroatoms. The van der Waals surface area contributed by atoms with Crippen LogP contribution in [0.4, 0.5) is 5.69 Å². The highest BCUT2D eigenvalue weighted by Gasteiger charge is 2.37. The molecule has 0 unspecified atom stereocenters. The Morgan fingerprint density at radius 3 is 2.20 bits per heavy atom. The third kappa shape index (κ3) is 10.6. The first kappa shape index (κ1) is 29.2. The number of hydrogen-bond acceptors (Lipinski definition) is 5. The van der Waals surface area contributed by atoms with Gasteiger partial charge in [0.15, 0.2) is 0 Å². The van der Waals surface area contributed by atoms with Crippen molar-refractivity contribution in [1.29, 1.82) is 0 Å². The van der Waals surface area contributed by atoms with E-state index in [1.807, 2.05) is 42.5 Å². The van der Waals surface area contributed by atoms with E-state index < -0.39 is 6.10 Å². The highest BCUT2D eigenvalue weighted by Crippen LogP contribution is 2.39. The molecule has 0 aromatic heterocycles. The summed E-state index contributed by atoms with van der Waals surface area (Å²) in [6.45, 7) is 10.2. The maximum Gasteiger partial charge on any atom is 0.226 e. The molecule has 0 spiro atoms. The Labute approximate surface area is 217 Å². The van der Waals surface area contributed by atoms with Crippen LogP contribution in [0.15, 0.2) is 59.5 Å². The van der Waals surface area contributed by atoms with E-state index in [2.05, 4.69) is 49.4 Å². The number of carbonyl (C=O) groups is 1. The van der Waals surface area contributed by atoms with Crippen molar-refractivity contribution in [2.24, 2.45) is 11.3 Å². The number of aryl methyl sites for hydroxylation is 1. The maximum absolute atomic E-state index is 12.8. The van der Waals surface area contributed by atoms with Crippen molar-refractivity contribution in [3.63, 3.8) is 0 Å². The topological polar surface area (TPSA) is 78.6 Å². The van der Waals surface area contributed by atoms with Crippen molar-refractivity contribution in [3.05, 3.63) is 60.2 Å². The first-order valence-electron chi connectivity index (χ1n) is 13.0. The molecule has 1 aliphatic rings. The van der Waals surface area contributed by atoms with E-state index in [1.165, 1.54) is 12.0 Å². The van der Waals surface area contributed by atoms with Crippen LogP contribution in [0.25, 0.3) is 0 Å². The lowest BCUT2D eigenvalue weighted by atomic mass is 9.71. The molecule has 5 nitrogen and oxygen atoms in total. The fourth-order valence-corrected chi connectivity index (χ4v) is 5.61. The fraction of sp³-hybridized carbons (Fsp3) is 0.552. The molecule has 1 fully saturated rings. The molecule has 35 heavy (non-hydrogen) atoms. The summed E-state index contributed by atoms with van der Waals surface area (Å²) in [7, 11) is 0. The molecule has 1 aliphatic carbocycles. The van der Waals surface area contributed by atoms with Crippen molar-refractivity contribution < 1.29 is 9.90 Å². The lowest BCUT2D eigenvalue weighted by molar-refractivity contribution is -0.133. The smallest absolute Gasteiger partial charge is 0.226 e. The van der Waals surface area contributed by atoms with Gasteiger partial charge in [0.25, 0.3) is 0 Å². The standard InChI is InChI=1S/C22H37N3O2S.C7H8/c1-4-22(12-6-5-7-13-22)21(27)24-14-19(26)16-25(15-17(2)3)28-20-10-8-18(23)9-11-20;1-7-5-3-2-4-6-7/h8-11,17,19,26H,4-7,12-16,23H2,1-3H3,(H,24,27);2-6H,1H3/t19-;/m0./s1. The Morgan fingerprint density at radius 2 is 1.69 bits per heavy atom. The zero-order valence-corrected chi connectivity index (χ0v) is 22.8. The molecule has 3 rings (SSSR count). The summed E-state index contributed by atoms with van der Waals surface area (Å²) >= 11 is 1.63. The summed E-state index contributed by atoms with van der Waals surface area (Å²) in [6.07, 6.45) is 5.71. The van der Waals surface area contributed by atoms with E-state index >= 15 is 0 Å². The molecule has 1 amide bonds. The zero-order valence-electron chi connectivity index (χ0n) is 22.0. The summed E-state index contributed by atoms with van der Waals surface area (Å²) in [5.41, 5.74) is 7.61. The minimum atomic E-state index is -0.596. The normalized spacial score (nSPS) is 15.9. The van der Waals surface area contributed by atoms with Crippen LogP contribution in [0.2, 0.25) is 0 Å². The zero-order chi connectivity index (χ0) is 25.7. The Kier molecular flexibility index (Phi) is 12.7. The highest BCUT2D eigenvalue weighted by molar-refractivity contribution is 7.97. The van der Waals surface area contributed by atoms with Gasteiger partial charge in [-0.3, -0.25) is 4.79 Å². The summed E-state index contributed by atoms with van der Waals surface area (Å²) in [6, 6.07) is 18.0. The minimum Gasteiger partial charge on any atom is -0.399 e. The van der Waals surface area contributed by atoms with Crippen LogP contribution < -0.4 is 11.1 Å². The van der Waals surface area contributed by atoms with Crippen molar-refractivity contribution in [3.8, 4) is 0 Å². The molecule has 0 heterocycles. The third-order valence-electron chi connectivity index (χ3n) is 6.51. The van der Waals surface area contributed by atoms with Crippen LogP contribution in [0, 0.1) is 18.3 Å². The van der Waals surface area contributed by atoms with Crippen molar-refractivity contribution in [2.75, 3.05) is 25.4 Å². The molecule has 0 saturated heterocycles. The number of hydrogen-bond donors (Lipinski definition) is 3. The summed E-state index contributed by atoms with van der Waals surface area (Å²) < 4.78 is 2.17. The lowest BCUT2D eigenvalue weighted by Gasteiger charge is -2.35. The van der Waals surface area contributed by atoms with Gasteiger partial charge in [-0.1, -0.05) is 75.9 Å². The number of benzene rings is 2. The van der Waals surface area contributed by atoms with Gasteiger partial charge in [-0.2, -0.15) is 0 Å². The number of nitrogens with one attached hydrogen (secondary N) is 1. The van der Waals surface area contributed by atoms with Crippen LogP contribution in [-0.2, 0) is 4.79 Å². The van der Waals surface area contributed by atoms with Gasteiger partial charge in [0.05, 0.1) is 6.10 Å². The van der Waals surface area contributed by atoms with Crippen molar-refractivity contribution in [2.45, 2.75) is 77.2 Å². The van der Waals surface area contributed by atoms with E-state index in [0.717, 1.165) is 49.2 Å². The van der Waals surface area contributed by atoms with E-state index in [4.69, 9.17) is 5.73 Å². The minimum absolute atomic E-state index is 0.121. The summed E-state index contributed by atoms with van der Waals surface area (Å²) in [5.74, 6) is 0.601. The average molecular weight is 500 g/mol. The van der Waals surface area contributed by atoms with Gasteiger partial charge in [-0.15, -0.1) is 0 Å². The monoisotopic (exact) mass is 499 g/mol. The molecule has 0 aliphatic heterocycles. The van der Waals surface area contributed by atoms with Gasteiger partial charge in [0, 0.05) is 35.6 Å². The number of carbonyl (C=O) groups excluding carboxylic acids is 1. The number of nitrogens with two attached hydrogens (primary N) is 1. The third-order valence-corrected chi connectivity index (χ3v) is 7.54. The van der Waals surface area contributed by atoms with Crippen LogP contribution in [0.1, 0.15) is 64.9 Å². The van der Waals surface area contributed by atoms with Gasteiger partial charge >= 0.3 is 0 Å². The Morgan fingerprint density at radius 1 is 1.06 bits per heavy atom. The van der Waals surface area contributed by atoms with Gasteiger partial charge in [0.2, 0.25) is 5.91 Å². The molecule has 1 atom stereocenters. The number of amides is 1. The second-order valence-corrected chi connectivity index (χ2v) is 11.3. The van der Waals surface area contributed by atoms with E-state index in [0.29, 0.717) is 19.0 Å². The van der Waals surface area contributed by atoms with Crippen LogP contribution in [0.5, 0.6) is 0 Å². The molecule has 4 N–H and O–H groups in total. The summed E-state index contributed by atoms with van der Waals surface area (Å²) in [5, 5.41) is 13.6. The second-order valence-electron chi connectivity index (χ2n) is 10.1. The SMILES string of the molecule is CCC1(C(=O)NC[C@H](O)CN(CC(C)C)Sc2ccc(N)cc2)CCCCC1.Cc1ccccc1. The van der Waals surface area contributed by atoms with Gasteiger partial charge in [-0.25, -0.2) is 4.31 Å². The number of nitrogen functional groups attached to an aromatic ring is 1. The quantitative estimate of drug-likeness (QED) is 0.273. The Bertz CT molecular complexity index is 852. The molecule has 194 valence electrons. The second kappa shape index (κ2) is 15.2. The van der Waals surface area contributed by atoms with E-state index in [9.17, 15) is 9.90 Å². The largest absolute Gasteiger partial charge is 0.399 e. The molecular weight excluding hydrogens is 454 g/mol. The predicted octanol–water partition coefficient (Wildman–Crippen LogP) is 6.07. The average Bonchev–Trinajstić information content (AvgIpc) is 2.85. The van der Waals surface area contributed by atoms with E-state index in [-0.39, 0.29) is 11.3 Å². The molecular formula is C29H45N3O2S. The summed E-state index contributed by atoms with van der Waals surface area (Å²) in [4.78, 5) is 13.9. The first-order chi connectivity index (χ1) is 16.7. The Balaban J connectivity index is 0.000000527. The number of rotatable bonds is 10. The number of aliphatic hydroxyl groups excluding tert-OH is 1. The molecule has 0 bridgehead atoms. The number of aliphatic hydroxyl groups is 1. The lowest BCUT2D eigenvalue weighted by Crippen LogP contribution is -2.46. The highest BCUT2D eigenvalue weighted by atomic mass is 32.2. The van der Waals surface area contributed by atoms with Crippen LogP contribution in [0.3, 0.4) is 0 Å². The first-order valence-corrected chi connectivity index (χ1v) is 13.8. The van der Waals surface area contributed by atoms with Gasteiger partial charge < -0.3 is 16.2 Å². The maximum atomic E-state index is 12.8. The molecule has 0 radical (unpaired) electrons. The Hall–Kier alpha value is -2.02. The van der Waals surface area contributed by atoms with Gasteiger partial charge in [-0.05, 0) is 68.3 Å². The fourth-order valence-electron chi connectivity index (χ4n) is 4.44. The molecule has 2 aromatic rings. The van der Waals surface area contributed by atoms with E-state index in [1.54, 1.807) is 11.9 Å². The van der Waals surface area contributed by atoms with Crippen LogP contribution in [-0.4, -0.2) is 41.1 Å². The predicted molar refractivity (Wildman–Crippen MR) is 149 cm³/mol. The molecule has 1 saturated carbocycles. The van der Waals surface area contributed by atoms with Crippen LogP contribution >= 0.6 is 11.9 Å². The van der Waals surface area contributed by atoms with Gasteiger partial charge in [0.1, 0.15) is 0 Å².